The lowest BCUT2D eigenvalue weighted by atomic mass is 10.1. The molecule has 9 heteroatoms. The second-order valence-electron chi connectivity index (χ2n) is 4.75. The fourth-order valence-corrected chi connectivity index (χ4v) is 2.63. The van der Waals surface area contributed by atoms with Gasteiger partial charge in [-0.3, -0.25) is 0 Å². The third-order valence-electron chi connectivity index (χ3n) is 2.19. The predicted molar refractivity (Wildman–Crippen MR) is 73.5 cm³/mol. The summed E-state index contributed by atoms with van der Waals surface area (Å²) >= 11 is 0. The average Bonchev–Trinajstić information content (AvgIpc) is 2.23. The lowest BCUT2D eigenvalue weighted by molar-refractivity contribution is 0.414. The van der Waals surface area contributed by atoms with Crippen LogP contribution in [0.1, 0.15) is 13.8 Å². The number of nitrogens with one attached hydrogen (secondary N) is 2. The molecule has 0 atom stereocenters. The minimum absolute atomic E-state index is 0.217. The fourth-order valence-electron chi connectivity index (χ4n) is 1.56. The van der Waals surface area contributed by atoms with Gasteiger partial charge in [-0.25, -0.2) is 23.1 Å². The molecule has 8 nitrogen and oxygen atoms in total. The molecule has 0 aromatic carbocycles. The molecule has 0 amide bonds. The van der Waals surface area contributed by atoms with Crippen LogP contribution in [-0.2, 0) is 10.0 Å². The lowest BCUT2D eigenvalue weighted by Crippen LogP contribution is -2.47. The summed E-state index contributed by atoms with van der Waals surface area (Å²) in [5, 5.41) is 2.98. The average molecular weight is 289 g/mol. The van der Waals surface area contributed by atoms with Crippen molar-refractivity contribution in [1.82, 2.24) is 14.7 Å². The topological polar surface area (TPSA) is 119 Å². The van der Waals surface area contributed by atoms with E-state index < -0.39 is 15.6 Å². The highest BCUT2D eigenvalue weighted by molar-refractivity contribution is 7.88. The molecule has 0 aliphatic heterocycles. The maximum Gasteiger partial charge on any atom is 0.209 e. The van der Waals surface area contributed by atoms with Crippen LogP contribution >= 0.6 is 0 Å². The number of nitrogens with two attached hydrogens (primary N) is 1. The number of hydrogen-bond acceptors (Lipinski definition) is 7. The van der Waals surface area contributed by atoms with E-state index in [1.165, 1.54) is 13.4 Å². The van der Waals surface area contributed by atoms with Crippen LogP contribution < -0.4 is 20.5 Å². The Morgan fingerprint density at radius 2 is 2.05 bits per heavy atom. The number of methoxy groups -OCH3 is 1. The lowest BCUT2D eigenvalue weighted by Gasteiger charge is -2.25. The van der Waals surface area contributed by atoms with E-state index in [4.69, 9.17) is 10.5 Å². The van der Waals surface area contributed by atoms with Gasteiger partial charge in [0.1, 0.15) is 6.33 Å². The third-order valence-corrected chi connectivity index (χ3v) is 3.12. The second kappa shape index (κ2) is 5.57. The van der Waals surface area contributed by atoms with Gasteiger partial charge < -0.3 is 15.8 Å². The molecule has 1 heterocycles. The number of nitrogens with zero attached hydrogens (tertiary/aromatic N) is 2. The normalized spacial score (nSPS) is 12.2. The summed E-state index contributed by atoms with van der Waals surface area (Å²) in [5.74, 6) is 0.963. The zero-order valence-electron chi connectivity index (χ0n) is 11.4. The van der Waals surface area contributed by atoms with Gasteiger partial charge in [-0.15, -0.1) is 0 Å². The largest absolute Gasteiger partial charge is 0.490 e. The molecule has 0 aliphatic carbocycles. The molecule has 1 aromatic heterocycles. The van der Waals surface area contributed by atoms with E-state index in [1.54, 1.807) is 13.8 Å². The maximum absolute atomic E-state index is 11.2. The van der Waals surface area contributed by atoms with Crippen molar-refractivity contribution in [2.75, 3.05) is 31.0 Å². The number of aromatic nitrogens is 2. The minimum Gasteiger partial charge on any atom is -0.490 e. The predicted octanol–water partition coefficient (Wildman–Crippen LogP) is -0.193. The molecule has 0 unspecified atom stereocenters. The Kier molecular flexibility index (Phi) is 4.53. The van der Waals surface area contributed by atoms with Gasteiger partial charge in [0.05, 0.1) is 13.4 Å². The highest BCUT2D eigenvalue weighted by Gasteiger charge is 2.23. The van der Waals surface area contributed by atoms with E-state index in [0.717, 1.165) is 6.26 Å². The molecule has 0 radical (unpaired) electrons. The quantitative estimate of drug-likeness (QED) is 0.663. The van der Waals surface area contributed by atoms with Gasteiger partial charge in [-0.1, -0.05) is 0 Å². The van der Waals surface area contributed by atoms with Gasteiger partial charge in [0, 0.05) is 12.1 Å². The second-order valence-corrected chi connectivity index (χ2v) is 6.50. The van der Waals surface area contributed by atoms with Gasteiger partial charge in [0.2, 0.25) is 15.8 Å². The Morgan fingerprint density at radius 3 is 2.58 bits per heavy atom. The Bertz CT molecular complexity index is 544. The molecule has 4 N–H and O–H groups in total. The fraction of sp³-hybridized carbons (Fsp3) is 0.600. The molecular weight excluding hydrogens is 270 g/mol. The van der Waals surface area contributed by atoms with E-state index in [2.05, 4.69) is 20.0 Å². The number of nitrogen functional groups attached to an aromatic ring is 1. The van der Waals surface area contributed by atoms with Gasteiger partial charge in [-0.2, -0.15) is 0 Å². The van der Waals surface area contributed by atoms with Crippen LogP contribution in [0.5, 0.6) is 5.75 Å². The molecule has 108 valence electrons. The summed E-state index contributed by atoms with van der Waals surface area (Å²) in [6.07, 6.45) is 2.41. The van der Waals surface area contributed by atoms with Gasteiger partial charge >= 0.3 is 0 Å². The van der Waals surface area contributed by atoms with Crippen molar-refractivity contribution in [3.05, 3.63) is 6.33 Å². The maximum atomic E-state index is 11.2. The first-order valence-corrected chi connectivity index (χ1v) is 7.41. The molecule has 0 saturated heterocycles. The Morgan fingerprint density at radius 1 is 1.42 bits per heavy atom. The van der Waals surface area contributed by atoms with Crippen molar-refractivity contribution in [1.29, 1.82) is 0 Å². The standard InChI is InChI=1S/C10H19N5O3S/c1-10(2,15-19(4,16)17)5-12-9-7(18-3)8(11)13-6-14-9/h6,15H,5H2,1-4H3,(H3,11,12,13,14). The Balaban J connectivity index is 2.79. The monoisotopic (exact) mass is 289 g/mol. The molecule has 19 heavy (non-hydrogen) atoms. The van der Waals surface area contributed by atoms with Crippen LogP contribution in [-0.4, -0.2) is 43.8 Å². The zero-order valence-corrected chi connectivity index (χ0v) is 12.2. The van der Waals surface area contributed by atoms with E-state index >= 15 is 0 Å². The molecule has 0 bridgehead atoms. The van der Waals surface area contributed by atoms with Crippen molar-refractivity contribution in [2.45, 2.75) is 19.4 Å². The molecule has 1 rings (SSSR count). The molecule has 0 fully saturated rings. The van der Waals surface area contributed by atoms with Gasteiger partial charge in [0.25, 0.3) is 0 Å². The van der Waals surface area contributed by atoms with E-state index in [0.29, 0.717) is 18.1 Å². The number of sulfonamides is 1. The Hall–Kier alpha value is -1.61. The molecule has 1 aromatic rings. The minimum atomic E-state index is -3.29. The smallest absolute Gasteiger partial charge is 0.209 e. The summed E-state index contributed by atoms with van der Waals surface area (Å²) in [4.78, 5) is 7.81. The van der Waals surface area contributed by atoms with E-state index in [9.17, 15) is 8.42 Å². The first kappa shape index (κ1) is 15.4. The summed E-state index contributed by atoms with van der Waals surface area (Å²) in [7, 11) is -1.83. The van der Waals surface area contributed by atoms with Crippen molar-refractivity contribution in [3.63, 3.8) is 0 Å². The SMILES string of the molecule is COc1c(N)ncnc1NCC(C)(C)NS(C)(=O)=O. The molecular formula is C10H19N5O3S. The number of ether oxygens (including phenoxy) is 1. The molecule has 0 aliphatic rings. The van der Waals surface area contributed by atoms with Crippen LogP contribution in [0.25, 0.3) is 0 Å². The molecule has 0 spiro atoms. The highest BCUT2D eigenvalue weighted by Crippen LogP contribution is 2.26. The number of rotatable bonds is 6. The number of anilines is 2. The first-order chi connectivity index (χ1) is 8.64. The van der Waals surface area contributed by atoms with E-state index in [1.807, 2.05) is 0 Å². The number of hydrogen-bond donors (Lipinski definition) is 3. The summed E-state index contributed by atoms with van der Waals surface area (Å²) in [6, 6.07) is 0. The third kappa shape index (κ3) is 4.87. The summed E-state index contributed by atoms with van der Waals surface area (Å²) < 4.78 is 30.1. The van der Waals surface area contributed by atoms with Crippen LogP contribution in [0, 0.1) is 0 Å². The van der Waals surface area contributed by atoms with Crippen molar-refractivity contribution < 1.29 is 13.2 Å². The van der Waals surface area contributed by atoms with Gasteiger partial charge in [0.15, 0.2) is 11.6 Å². The van der Waals surface area contributed by atoms with Crippen LogP contribution in [0.4, 0.5) is 11.6 Å². The van der Waals surface area contributed by atoms with Crippen molar-refractivity contribution in [3.8, 4) is 5.75 Å². The van der Waals surface area contributed by atoms with Crippen LogP contribution in [0.2, 0.25) is 0 Å². The summed E-state index contributed by atoms with van der Waals surface area (Å²) in [5.41, 5.74) is 4.96. The zero-order chi connectivity index (χ0) is 14.7. The van der Waals surface area contributed by atoms with Crippen LogP contribution in [0.3, 0.4) is 0 Å². The summed E-state index contributed by atoms with van der Waals surface area (Å²) in [6.45, 7) is 3.81. The van der Waals surface area contributed by atoms with E-state index in [-0.39, 0.29) is 5.82 Å². The van der Waals surface area contributed by atoms with Crippen molar-refractivity contribution >= 4 is 21.7 Å². The molecule has 0 saturated carbocycles. The highest BCUT2D eigenvalue weighted by atomic mass is 32.2. The van der Waals surface area contributed by atoms with Crippen molar-refractivity contribution in [2.24, 2.45) is 0 Å². The first-order valence-electron chi connectivity index (χ1n) is 5.52. The van der Waals surface area contributed by atoms with Crippen LogP contribution in [0.15, 0.2) is 6.33 Å². The Labute approximate surface area is 112 Å². The van der Waals surface area contributed by atoms with Gasteiger partial charge in [-0.05, 0) is 13.8 Å².